The number of alkyl halides is 15. The lowest BCUT2D eigenvalue weighted by Crippen LogP contribution is -2.65. The van der Waals surface area contributed by atoms with E-state index in [2.05, 4.69) is 0 Å². The Kier molecular flexibility index (Phi) is 8.86. The number of hydrogen-bond acceptors (Lipinski definition) is 5. The Balaban J connectivity index is 0. The van der Waals surface area contributed by atoms with Gasteiger partial charge in [-0.05, 0) is 0 Å². The SMILES string of the molecule is O=S([O-])F.OC(F)(OC(F)(F)C(F)(OC(F)(F)C(F)(F)F)C(F)(F)F)C(F)(F)F. The molecular formula is C7HF16O5S-. The van der Waals surface area contributed by atoms with Crippen LogP contribution >= 0.6 is 0 Å². The molecule has 0 aromatic rings. The fourth-order valence-corrected chi connectivity index (χ4v) is 0.810. The standard InChI is InChI=1S/C7HF15O3.FHO2S/c8-1(2(9,10)11,24-6(20,21)3(12,13)14)5(18,19)25-7(22,23)4(15,16)17;1-4(2)3/h23H;(H,2,3)/p-1. The average Bonchev–Trinajstić information content (AvgIpc) is 2.31. The van der Waals surface area contributed by atoms with Gasteiger partial charge in [0.1, 0.15) is 11.5 Å². The molecule has 3 atom stereocenters. The van der Waals surface area contributed by atoms with E-state index in [1.54, 1.807) is 0 Å². The van der Waals surface area contributed by atoms with Gasteiger partial charge in [0.25, 0.3) is 0 Å². The molecular weight excluding hydrogens is 500 g/mol. The minimum atomic E-state index is -7.68. The topological polar surface area (TPSA) is 78.8 Å². The van der Waals surface area contributed by atoms with Crippen LogP contribution in [-0.2, 0) is 20.9 Å². The highest BCUT2D eigenvalue weighted by molar-refractivity contribution is 7.73. The van der Waals surface area contributed by atoms with E-state index in [4.69, 9.17) is 13.9 Å². The van der Waals surface area contributed by atoms with E-state index < -0.39 is 54.1 Å². The molecule has 0 rings (SSSR count). The zero-order chi connectivity index (χ0) is 24.5. The van der Waals surface area contributed by atoms with Crippen molar-refractivity contribution in [3.05, 3.63) is 0 Å². The third-order valence-corrected chi connectivity index (χ3v) is 1.95. The second-order valence-corrected chi connectivity index (χ2v) is 4.47. The molecule has 0 aliphatic rings. The summed E-state index contributed by atoms with van der Waals surface area (Å²) in [6.07, 6.45) is -36.8. The van der Waals surface area contributed by atoms with Crippen LogP contribution in [0.5, 0.6) is 0 Å². The predicted molar refractivity (Wildman–Crippen MR) is 50.2 cm³/mol. The van der Waals surface area contributed by atoms with E-state index in [9.17, 15) is 69.7 Å². The van der Waals surface area contributed by atoms with Gasteiger partial charge < -0.3 is 9.66 Å². The lowest BCUT2D eigenvalue weighted by Gasteiger charge is -2.38. The molecule has 0 fully saturated rings. The molecule has 0 heterocycles. The largest absolute Gasteiger partial charge is 0.746 e. The van der Waals surface area contributed by atoms with Crippen LogP contribution in [0.15, 0.2) is 0 Å². The van der Waals surface area contributed by atoms with Crippen molar-refractivity contribution < 1.29 is 93.1 Å². The maximum atomic E-state index is 13.2. The van der Waals surface area contributed by atoms with E-state index in [0.29, 0.717) is 0 Å². The summed E-state index contributed by atoms with van der Waals surface area (Å²) in [6, 6.07) is -6.80. The van der Waals surface area contributed by atoms with Crippen molar-refractivity contribution in [2.75, 3.05) is 0 Å². The van der Waals surface area contributed by atoms with Crippen LogP contribution in [0.25, 0.3) is 0 Å². The Morgan fingerprint density at radius 1 is 0.621 bits per heavy atom. The van der Waals surface area contributed by atoms with Crippen LogP contribution < -0.4 is 0 Å². The van der Waals surface area contributed by atoms with Crippen LogP contribution in [0.3, 0.4) is 0 Å². The Bertz CT molecular complexity index is 561. The molecule has 5 nitrogen and oxygen atoms in total. The van der Waals surface area contributed by atoms with Gasteiger partial charge in [-0.2, -0.15) is 65.9 Å². The maximum Gasteiger partial charge on any atom is 0.483 e. The molecule has 22 heteroatoms. The normalized spacial score (nSPS) is 19.5. The molecule has 29 heavy (non-hydrogen) atoms. The van der Waals surface area contributed by atoms with Gasteiger partial charge in [-0.15, -0.1) is 3.89 Å². The molecule has 0 amide bonds. The number of aliphatic hydroxyl groups is 1. The van der Waals surface area contributed by atoms with Gasteiger partial charge in [0, 0.05) is 0 Å². The summed E-state index contributed by atoms with van der Waals surface area (Å²) in [7, 11) is 0. The third kappa shape index (κ3) is 7.57. The lowest BCUT2D eigenvalue weighted by molar-refractivity contribution is -0.568. The molecule has 0 radical (unpaired) electrons. The third-order valence-electron chi connectivity index (χ3n) is 1.95. The lowest BCUT2D eigenvalue weighted by atomic mass is 10.2. The van der Waals surface area contributed by atoms with Crippen molar-refractivity contribution >= 4 is 11.5 Å². The summed E-state index contributed by atoms with van der Waals surface area (Å²) < 4.78 is 212. The molecule has 3 unspecified atom stereocenters. The second-order valence-electron chi connectivity index (χ2n) is 4.08. The maximum absolute atomic E-state index is 13.2. The number of hydrogen-bond donors (Lipinski definition) is 1. The van der Waals surface area contributed by atoms with Gasteiger partial charge in [0.15, 0.2) is 0 Å². The Labute approximate surface area is 148 Å². The van der Waals surface area contributed by atoms with Gasteiger partial charge in [0.05, 0.1) is 0 Å². The summed E-state index contributed by atoms with van der Waals surface area (Å²) in [5, 5.41) is 7.78. The number of halogens is 16. The summed E-state index contributed by atoms with van der Waals surface area (Å²) in [6.45, 7) is 0. The minimum Gasteiger partial charge on any atom is -0.746 e. The van der Waals surface area contributed by atoms with Crippen molar-refractivity contribution in [1.29, 1.82) is 0 Å². The van der Waals surface area contributed by atoms with E-state index in [0.717, 1.165) is 0 Å². The van der Waals surface area contributed by atoms with Crippen molar-refractivity contribution in [3.63, 3.8) is 0 Å². The summed E-state index contributed by atoms with van der Waals surface area (Å²) in [5.74, 6) is -7.68. The molecule has 0 aliphatic heterocycles. The van der Waals surface area contributed by atoms with Crippen molar-refractivity contribution in [2.45, 2.75) is 42.6 Å². The van der Waals surface area contributed by atoms with Gasteiger partial charge in [0.2, 0.25) is 0 Å². The monoisotopic (exact) mass is 501 g/mol. The van der Waals surface area contributed by atoms with E-state index in [1.165, 1.54) is 9.47 Å². The van der Waals surface area contributed by atoms with Gasteiger partial charge in [-0.1, -0.05) is 0 Å². The highest BCUT2D eigenvalue weighted by atomic mass is 32.2. The smallest absolute Gasteiger partial charge is 0.483 e. The molecule has 0 bridgehead atoms. The van der Waals surface area contributed by atoms with Crippen LogP contribution in [-0.4, -0.2) is 56.5 Å². The van der Waals surface area contributed by atoms with Crippen LogP contribution in [0.1, 0.15) is 0 Å². The first kappa shape index (κ1) is 30.1. The van der Waals surface area contributed by atoms with Crippen LogP contribution in [0.2, 0.25) is 0 Å². The minimum absolute atomic E-state index is 1.31. The molecule has 0 saturated heterocycles. The summed E-state index contributed by atoms with van der Waals surface area (Å²) in [4.78, 5) is 0. The second kappa shape index (κ2) is 8.55. The number of ether oxygens (including phenoxy) is 2. The zero-order valence-electron chi connectivity index (χ0n) is 12.0. The molecule has 0 aromatic carbocycles. The first-order valence-electron chi connectivity index (χ1n) is 5.36. The van der Waals surface area contributed by atoms with Gasteiger partial charge in [-0.25, -0.2) is 8.95 Å². The summed E-state index contributed by atoms with van der Waals surface area (Å²) >= 11 is -3.36. The first-order chi connectivity index (χ1) is 12.1. The predicted octanol–water partition coefficient (Wildman–Crippen LogP) is 3.92. The van der Waals surface area contributed by atoms with Crippen LogP contribution in [0.4, 0.5) is 69.7 Å². The van der Waals surface area contributed by atoms with E-state index >= 15 is 0 Å². The number of rotatable bonds is 5. The first-order valence-corrected chi connectivity index (χ1v) is 6.34. The van der Waals surface area contributed by atoms with E-state index in [1.807, 2.05) is 0 Å². The molecule has 0 aromatic heterocycles. The Morgan fingerprint density at radius 3 is 1.14 bits per heavy atom. The average molecular weight is 501 g/mol. The van der Waals surface area contributed by atoms with Crippen LogP contribution in [0, 0.1) is 0 Å². The summed E-state index contributed by atoms with van der Waals surface area (Å²) in [5.41, 5.74) is 0. The molecule has 0 saturated carbocycles. The molecule has 1 N–H and O–H groups in total. The molecule has 0 aliphatic carbocycles. The zero-order valence-corrected chi connectivity index (χ0v) is 12.9. The van der Waals surface area contributed by atoms with Gasteiger partial charge >= 0.3 is 42.6 Å². The molecule has 0 spiro atoms. The van der Waals surface area contributed by atoms with E-state index in [-0.39, 0.29) is 0 Å². The van der Waals surface area contributed by atoms with Crippen molar-refractivity contribution in [3.8, 4) is 0 Å². The van der Waals surface area contributed by atoms with Crippen molar-refractivity contribution in [2.24, 2.45) is 0 Å². The van der Waals surface area contributed by atoms with Crippen molar-refractivity contribution in [1.82, 2.24) is 0 Å². The van der Waals surface area contributed by atoms with Gasteiger partial charge in [-0.3, -0.25) is 4.74 Å². The Morgan fingerprint density at radius 2 is 0.931 bits per heavy atom. The highest BCUT2D eigenvalue weighted by Crippen LogP contribution is 2.54. The Hall–Kier alpha value is -1.13. The quantitative estimate of drug-likeness (QED) is 0.268. The fourth-order valence-electron chi connectivity index (χ4n) is 0.810. The highest BCUT2D eigenvalue weighted by Gasteiger charge is 2.82. The molecule has 178 valence electrons. The fraction of sp³-hybridized carbons (Fsp3) is 1.00.